The minimum atomic E-state index is -0.953. The smallest absolute Gasteiger partial charge is 0.313 e. The number of hydrogen-bond donors (Lipinski definition) is 3. The second kappa shape index (κ2) is 8.19. The number of aliphatic carboxylic acids is 1. The first kappa shape index (κ1) is 16.8. The van der Waals surface area contributed by atoms with E-state index >= 15 is 0 Å². The molecule has 0 bridgehead atoms. The Morgan fingerprint density at radius 1 is 1.27 bits per heavy atom. The third kappa shape index (κ3) is 5.03. The average molecular weight is 342 g/mol. The summed E-state index contributed by atoms with van der Waals surface area (Å²) in [5, 5.41) is 16.5. The van der Waals surface area contributed by atoms with Crippen molar-refractivity contribution in [2.45, 2.75) is 31.7 Å². The molecule has 0 saturated heterocycles. The standard InChI is InChI=1S/C14H18N2O4S2/c17-11(7-21-8-12(18)19)16-14-10(5-6-22-14)13(20)15-9-3-1-2-4-9/h5-6,9H,1-4,7-8H2,(H,15,20)(H,16,17)(H,18,19). The van der Waals surface area contributed by atoms with Crippen LogP contribution in [0.4, 0.5) is 5.00 Å². The van der Waals surface area contributed by atoms with Gasteiger partial charge in [0.05, 0.1) is 17.1 Å². The number of nitrogens with one attached hydrogen (secondary N) is 2. The molecule has 2 rings (SSSR count). The summed E-state index contributed by atoms with van der Waals surface area (Å²) in [4.78, 5) is 34.4. The highest BCUT2D eigenvalue weighted by Gasteiger charge is 2.21. The van der Waals surface area contributed by atoms with Crippen molar-refractivity contribution >= 4 is 45.9 Å². The van der Waals surface area contributed by atoms with Crippen LogP contribution < -0.4 is 10.6 Å². The van der Waals surface area contributed by atoms with Crippen molar-refractivity contribution in [3.05, 3.63) is 17.0 Å². The third-order valence-electron chi connectivity index (χ3n) is 3.31. The van der Waals surface area contributed by atoms with E-state index in [1.807, 2.05) is 0 Å². The Labute approximate surface area is 136 Å². The normalized spacial score (nSPS) is 14.7. The number of amides is 2. The quantitative estimate of drug-likeness (QED) is 0.706. The van der Waals surface area contributed by atoms with E-state index in [-0.39, 0.29) is 29.4 Å². The van der Waals surface area contributed by atoms with Gasteiger partial charge in [-0.05, 0) is 24.3 Å². The van der Waals surface area contributed by atoms with Gasteiger partial charge in [-0.25, -0.2) is 0 Å². The first-order chi connectivity index (χ1) is 10.6. The van der Waals surface area contributed by atoms with Crippen LogP contribution >= 0.6 is 23.1 Å². The first-order valence-corrected chi connectivity index (χ1v) is 9.07. The molecule has 120 valence electrons. The lowest BCUT2D eigenvalue weighted by atomic mass is 10.2. The average Bonchev–Trinajstić information content (AvgIpc) is 3.09. The molecule has 22 heavy (non-hydrogen) atoms. The minimum Gasteiger partial charge on any atom is -0.481 e. The van der Waals surface area contributed by atoms with Gasteiger partial charge in [0, 0.05) is 6.04 Å². The molecule has 8 heteroatoms. The highest BCUT2D eigenvalue weighted by molar-refractivity contribution is 8.00. The number of carboxylic acid groups (broad SMARTS) is 1. The van der Waals surface area contributed by atoms with Gasteiger partial charge in [0.1, 0.15) is 5.00 Å². The molecule has 1 aromatic heterocycles. The summed E-state index contributed by atoms with van der Waals surface area (Å²) in [6.07, 6.45) is 4.28. The van der Waals surface area contributed by atoms with Crippen molar-refractivity contribution in [1.82, 2.24) is 5.32 Å². The number of carbonyl (C=O) groups excluding carboxylic acids is 2. The van der Waals surface area contributed by atoms with E-state index < -0.39 is 5.97 Å². The van der Waals surface area contributed by atoms with Gasteiger partial charge in [-0.3, -0.25) is 14.4 Å². The number of thioether (sulfide) groups is 1. The molecule has 0 aromatic carbocycles. The number of anilines is 1. The van der Waals surface area contributed by atoms with Crippen LogP contribution in [-0.4, -0.2) is 40.4 Å². The Bertz CT molecular complexity index is 553. The van der Waals surface area contributed by atoms with E-state index in [4.69, 9.17) is 5.11 Å². The Morgan fingerprint density at radius 3 is 2.68 bits per heavy atom. The van der Waals surface area contributed by atoms with E-state index in [0.717, 1.165) is 37.4 Å². The van der Waals surface area contributed by atoms with Crippen LogP contribution in [0.1, 0.15) is 36.0 Å². The largest absolute Gasteiger partial charge is 0.481 e. The van der Waals surface area contributed by atoms with Crippen molar-refractivity contribution in [2.24, 2.45) is 0 Å². The van der Waals surface area contributed by atoms with E-state index in [1.54, 1.807) is 11.4 Å². The van der Waals surface area contributed by atoms with Crippen LogP contribution in [0, 0.1) is 0 Å². The van der Waals surface area contributed by atoms with Gasteiger partial charge in [-0.15, -0.1) is 23.1 Å². The fraction of sp³-hybridized carbons (Fsp3) is 0.500. The Balaban J connectivity index is 1.86. The van der Waals surface area contributed by atoms with Gasteiger partial charge < -0.3 is 15.7 Å². The number of carboxylic acids is 1. The Hall–Kier alpha value is -1.54. The third-order valence-corrected chi connectivity index (χ3v) is 5.06. The predicted molar refractivity (Wildman–Crippen MR) is 87.6 cm³/mol. The van der Waals surface area contributed by atoms with Crippen LogP contribution in [0.2, 0.25) is 0 Å². The summed E-state index contributed by atoms with van der Waals surface area (Å²) >= 11 is 2.31. The lowest BCUT2D eigenvalue weighted by molar-refractivity contribution is -0.133. The summed E-state index contributed by atoms with van der Waals surface area (Å²) < 4.78 is 0. The number of rotatable bonds is 7. The second-order valence-corrected chi connectivity index (χ2v) is 6.95. The van der Waals surface area contributed by atoms with Gasteiger partial charge in [0.15, 0.2) is 0 Å². The van der Waals surface area contributed by atoms with Crippen LogP contribution in [0.5, 0.6) is 0 Å². The van der Waals surface area contributed by atoms with Gasteiger partial charge in [0.25, 0.3) is 5.91 Å². The number of carbonyl (C=O) groups is 3. The lowest BCUT2D eigenvalue weighted by Crippen LogP contribution is -2.32. The van der Waals surface area contributed by atoms with Gasteiger partial charge in [-0.1, -0.05) is 12.8 Å². The van der Waals surface area contributed by atoms with Crippen LogP contribution in [0.3, 0.4) is 0 Å². The molecule has 1 aliphatic carbocycles. The zero-order chi connectivity index (χ0) is 15.9. The molecule has 0 radical (unpaired) electrons. The summed E-state index contributed by atoms with van der Waals surface area (Å²) in [5.74, 6) is -1.49. The molecular formula is C14H18N2O4S2. The highest BCUT2D eigenvalue weighted by atomic mass is 32.2. The molecular weight excluding hydrogens is 324 g/mol. The fourth-order valence-electron chi connectivity index (χ4n) is 2.31. The highest BCUT2D eigenvalue weighted by Crippen LogP contribution is 2.25. The first-order valence-electron chi connectivity index (χ1n) is 7.04. The van der Waals surface area contributed by atoms with Crippen LogP contribution in [-0.2, 0) is 9.59 Å². The molecule has 6 nitrogen and oxygen atoms in total. The number of hydrogen-bond acceptors (Lipinski definition) is 5. The van der Waals surface area contributed by atoms with Crippen LogP contribution in [0.25, 0.3) is 0 Å². The maximum absolute atomic E-state index is 12.2. The molecule has 1 heterocycles. The van der Waals surface area contributed by atoms with E-state index in [2.05, 4.69) is 10.6 Å². The number of thiophene rings is 1. The zero-order valence-electron chi connectivity index (χ0n) is 12.0. The molecule has 0 atom stereocenters. The van der Waals surface area contributed by atoms with Crippen LogP contribution in [0.15, 0.2) is 11.4 Å². The Morgan fingerprint density at radius 2 is 2.00 bits per heavy atom. The topological polar surface area (TPSA) is 95.5 Å². The predicted octanol–water partition coefficient (Wildman–Crippen LogP) is 2.18. The molecule has 1 saturated carbocycles. The van der Waals surface area contributed by atoms with E-state index in [1.165, 1.54) is 11.3 Å². The fourth-order valence-corrected chi connectivity index (χ4v) is 3.65. The second-order valence-electron chi connectivity index (χ2n) is 5.05. The molecule has 0 spiro atoms. The molecule has 2 amide bonds. The molecule has 0 unspecified atom stereocenters. The summed E-state index contributed by atoms with van der Waals surface area (Å²) in [7, 11) is 0. The Kier molecular flexibility index (Phi) is 6.26. The summed E-state index contributed by atoms with van der Waals surface area (Å²) in [5.41, 5.74) is 0.466. The maximum Gasteiger partial charge on any atom is 0.313 e. The van der Waals surface area contributed by atoms with Gasteiger partial charge in [-0.2, -0.15) is 0 Å². The molecule has 3 N–H and O–H groups in total. The van der Waals surface area contributed by atoms with Crippen molar-refractivity contribution in [2.75, 3.05) is 16.8 Å². The molecule has 1 aromatic rings. The summed E-state index contributed by atoms with van der Waals surface area (Å²) in [6.45, 7) is 0. The van der Waals surface area contributed by atoms with Crippen molar-refractivity contribution in [3.8, 4) is 0 Å². The van der Waals surface area contributed by atoms with Gasteiger partial charge in [0.2, 0.25) is 5.91 Å². The minimum absolute atomic E-state index is 0.0495. The monoisotopic (exact) mass is 342 g/mol. The molecule has 1 aliphatic rings. The molecule has 0 aliphatic heterocycles. The van der Waals surface area contributed by atoms with Crippen molar-refractivity contribution in [1.29, 1.82) is 0 Å². The molecule has 1 fully saturated rings. The van der Waals surface area contributed by atoms with Crippen molar-refractivity contribution < 1.29 is 19.5 Å². The SMILES string of the molecule is O=C(O)CSCC(=O)Nc1sccc1C(=O)NC1CCCC1. The maximum atomic E-state index is 12.2. The zero-order valence-corrected chi connectivity index (χ0v) is 13.6. The summed E-state index contributed by atoms with van der Waals surface area (Å²) in [6, 6.07) is 1.91. The van der Waals surface area contributed by atoms with E-state index in [9.17, 15) is 14.4 Å². The lowest BCUT2D eigenvalue weighted by Gasteiger charge is -2.12. The van der Waals surface area contributed by atoms with Gasteiger partial charge >= 0.3 is 5.97 Å². The van der Waals surface area contributed by atoms with E-state index in [0.29, 0.717) is 10.6 Å². The van der Waals surface area contributed by atoms with Crippen molar-refractivity contribution in [3.63, 3.8) is 0 Å².